The van der Waals surface area contributed by atoms with Gasteiger partial charge in [0.05, 0.1) is 11.5 Å². The average Bonchev–Trinajstić information content (AvgIpc) is 2.55. The minimum Gasteiger partial charge on any atom is -0.306 e. The molecule has 1 saturated carbocycles. The molecule has 0 aromatic heterocycles. The molecule has 1 aromatic carbocycles. The molecule has 110 valence electrons. The molecule has 0 saturated heterocycles. The zero-order chi connectivity index (χ0) is 14.9. The molecule has 3 nitrogen and oxygen atoms in total. The Morgan fingerprint density at radius 1 is 1.33 bits per heavy atom. The van der Waals surface area contributed by atoms with Crippen LogP contribution in [-0.4, -0.2) is 18.6 Å². The van der Waals surface area contributed by atoms with Crippen molar-refractivity contribution in [3.05, 3.63) is 48.0 Å². The number of fused-ring (bicyclic) bond motifs is 2. The number of hydrogen-bond acceptors (Lipinski definition) is 3. The van der Waals surface area contributed by atoms with Gasteiger partial charge in [0.15, 0.2) is 5.78 Å². The molecule has 3 heteroatoms. The van der Waals surface area contributed by atoms with Crippen LogP contribution in [0.1, 0.15) is 42.7 Å². The van der Waals surface area contributed by atoms with Crippen LogP contribution < -0.4 is 5.32 Å². The van der Waals surface area contributed by atoms with Crippen LogP contribution in [0, 0.1) is 5.92 Å². The molecule has 1 aliphatic carbocycles. The van der Waals surface area contributed by atoms with E-state index in [4.69, 9.17) is 0 Å². The predicted molar refractivity (Wildman–Crippen MR) is 82.1 cm³/mol. The number of carbonyl (C=O) groups excluding carboxylic acids is 2. The van der Waals surface area contributed by atoms with Crippen LogP contribution in [-0.2, 0) is 15.1 Å². The number of hydrogen-bond donors (Lipinski definition) is 1. The van der Waals surface area contributed by atoms with E-state index in [1.807, 2.05) is 18.2 Å². The number of rotatable bonds is 3. The predicted octanol–water partition coefficient (Wildman–Crippen LogP) is 2.71. The Bertz CT molecular complexity index is 580. The maximum Gasteiger partial charge on any atom is 0.160 e. The first-order chi connectivity index (χ1) is 10.2. The lowest BCUT2D eigenvalue weighted by Crippen LogP contribution is -2.56. The van der Waals surface area contributed by atoms with E-state index in [2.05, 4.69) is 18.0 Å². The molecule has 2 aliphatic rings. The lowest BCUT2D eigenvalue weighted by atomic mass is 9.63. The van der Waals surface area contributed by atoms with Gasteiger partial charge in [-0.15, -0.1) is 0 Å². The highest BCUT2D eigenvalue weighted by atomic mass is 16.1. The summed E-state index contributed by atoms with van der Waals surface area (Å²) < 4.78 is 0. The summed E-state index contributed by atoms with van der Waals surface area (Å²) in [7, 11) is 0. The molecule has 0 bridgehead atoms. The van der Waals surface area contributed by atoms with Crippen LogP contribution in [0.5, 0.6) is 0 Å². The molecule has 0 radical (unpaired) electrons. The van der Waals surface area contributed by atoms with Crippen molar-refractivity contribution in [2.45, 2.75) is 37.1 Å². The van der Waals surface area contributed by atoms with Crippen LogP contribution >= 0.6 is 0 Å². The van der Waals surface area contributed by atoms with Crippen LogP contribution in [0.4, 0.5) is 0 Å². The number of nitrogens with one attached hydrogen (secondary N) is 1. The van der Waals surface area contributed by atoms with Gasteiger partial charge in [0.2, 0.25) is 0 Å². The summed E-state index contributed by atoms with van der Waals surface area (Å²) in [6.07, 6.45) is 6.47. The highest BCUT2D eigenvalue weighted by Crippen LogP contribution is 2.46. The highest BCUT2D eigenvalue weighted by molar-refractivity contribution is 5.92. The molecular weight excluding hydrogens is 262 g/mol. The van der Waals surface area contributed by atoms with E-state index < -0.39 is 0 Å². The van der Waals surface area contributed by atoms with Gasteiger partial charge >= 0.3 is 0 Å². The third-order valence-electron chi connectivity index (χ3n) is 5.10. The molecule has 3 atom stereocenters. The van der Waals surface area contributed by atoms with E-state index in [1.54, 1.807) is 0 Å². The maximum atomic E-state index is 12.4. The zero-order valence-electron chi connectivity index (χ0n) is 12.2. The van der Waals surface area contributed by atoms with Crippen molar-refractivity contribution in [3.8, 4) is 0 Å². The van der Waals surface area contributed by atoms with Gasteiger partial charge in [-0.3, -0.25) is 4.79 Å². The van der Waals surface area contributed by atoms with Crippen LogP contribution in [0.2, 0.25) is 0 Å². The summed E-state index contributed by atoms with van der Waals surface area (Å²) in [6, 6.07) is 8.08. The van der Waals surface area contributed by atoms with Crippen molar-refractivity contribution in [2.75, 3.05) is 6.54 Å². The topological polar surface area (TPSA) is 46.2 Å². The van der Waals surface area contributed by atoms with Crippen LogP contribution in [0.25, 0.3) is 0 Å². The van der Waals surface area contributed by atoms with Gasteiger partial charge in [-0.05, 0) is 30.0 Å². The first-order valence-electron chi connectivity index (χ1n) is 7.69. The Hall–Kier alpha value is -1.74. The Morgan fingerprint density at radius 3 is 2.90 bits per heavy atom. The van der Waals surface area contributed by atoms with Gasteiger partial charge < -0.3 is 10.1 Å². The Balaban J connectivity index is 2.13. The Labute approximate surface area is 125 Å². The fourth-order valence-electron chi connectivity index (χ4n) is 4.08. The molecule has 1 spiro atoms. The molecule has 21 heavy (non-hydrogen) atoms. The lowest BCUT2D eigenvalue weighted by Gasteiger charge is -2.48. The summed E-state index contributed by atoms with van der Waals surface area (Å²) in [5, 5.41) is 3.56. The number of benzene rings is 1. The summed E-state index contributed by atoms with van der Waals surface area (Å²) >= 11 is 0. The van der Waals surface area contributed by atoms with E-state index in [0.717, 1.165) is 43.1 Å². The van der Waals surface area contributed by atoms with E-state index >= 15 is 0 Å². The Morgan fingerprint density at radius 2 is 2.14 bits per heavy atom. The summed E-state index contributed by atoms with van der Waals surface area (Å²) in [6.45, 7) is 4.28. The minimum atomic E-state index is -0.320. The molecular formula is C18H21NO2. The number of carbonyl (C=O) groups is 2. The molecule has 3 rings (SSSR count). The minimum absolute atomic E-state index is 0.0718. The third-order valence-corrected chi connectivity index (χ3v) is 5.10. The van der Waals surface area contributed by atoms with Crippen molar-refractivity contribution in [1.82, 2.24) is 5.32 Å². The molecule has 0 amide bonds. The SMILES string of the molecule is C=CC(=O)C1CCCCC12NCC(C=O)c1ccccc12. The Kier molecular flexibility index (Phi) is 3.77. The van der Waals surface area contributed by atoms with Gasteiger partial charge in [-0.25, -0.2) is 0 Å². The highest BCUT2D eigenvalue weighted by Gasteiger charge is 2.48. The maximum absolute atomic E-state index is 12.4. The van der Waals surface area contributed by atoms with Crippen molar-refractivity contribution in [2.24, 2.45) is 5.92 Å². The first-order valence-corrected chi connectivity index (χ1v) is 7.69. The molecule has 1 heterocycles. The monoisotopic (exact) mass is 283 g/mol. The second kappa shape index (κ2) is 5.57. The molecule has 1 fully saturated rings. The summed E-state index contributed by atoms with van der Waals surface area (Å²) in [5.41, 5.74) is 1.89. The largest absolute Gasteiger partial charge is 0.306 e. The van der Waals surface area contributed by atoms with Crippen LogP contribution in [0.15, 0.2) is 36.9 Å². The molecule has 1 aliphatic heterocycles. The second-order valence-corrected chi connectivity index (χ2v) is 6.09. The number of ketones is 1. The fourth-order valence-corrected chi connectivity index (χ4v) is 4.08. The third kappa shape index (κ3) is 2.16. The quantitative estimate of drug-likeness (QED) is 0.685. The number of aldehydes is 1. The van der Waals surface area contributed by atoms with E-state index in [9.17, 15) is 9.59 Å². The second-order valence-electron chi connectivity index (χ2n) is 6.09. The fraction of sp³-hybridized carbons (Fsp3) is 0.444. The molecule has 3 unspecified atom stereocenters. The van der Waals surface area contributed by atoms with Crippen molar-refractivity contribution in [3.63, 3.8) is 0 Å². The molecule has 1 N–H and O–H groups in total. The smallest absolute Gasteiger partial charge is 0.160 e. The van der Waals surface area contributed by atoms with E-state index in [0.29, 0.717) is 6.54 Å². The molecule has 1 aromatic rings. The summed E-state index contributed by atoms with van der Waals surface area (Å²) in [4.78, 5) is 23.7. The van der Waals surface area contributed by atoms with Crippen molar-refractivity contribution in [1.29, 1.82) is 0 Å². The van der Waals surface area contributed by atoms with E-state index in [1.165, 1.54) is 6.08 Å². The standard InChI is InChI=1S/C18H21NO2/c1-2-17(21)16-9-5-6-10-18(16)15-8-4-3-7-14(15)13(12-20)11-19-18/h2-4,7-8,12-13,16,19H,1,5-6,9-11H2. The van der Waals surface area contributed by atoms with Gasteiger partial charge in [0, 0.05) is 12.5 Å². The zero-order valence-corrected chi connectivity index (χ0v) is 12.2. The number of allylic oxidation sites excluding steroid dienone is 1. The van der Waals surface area contributed by atoms with Gasteiger partial charge in [0.1, 0.15) is 6.29 Å². The van der Waals surface area contributed by atoms with Gasteiger partial charge in [-0.1, -0.05) is 43.7 Å². The lowest BCUT2D eigenvalue weighted by molar-refractivity contribution is -0.122. The first kappa shape index (κ1) is 14.2. The van der Waals surface area contributed by atoms with E-state index in [-0.39, 0.29) is 23.2 Å². The van der Waals surface area contributed by atoms with Crippen molar-refractivity contribution >= 4 is 12.1 Å². The summed E-state index contributed by atoms with van der Waals surface area (Å²) in [5.74, 6) is -0.0766. The van der Waals surface area contributed by atoms with Crippen LogP contribution in [0.3, 0.4) is 0 Å². The van der Waals surface area contributed by atoms with Gasteiger partial charge in [0.25, 0.3) is 0 Å². The van der Waals surface area contributed by atoms with Crippen molar-refractivity contribution < 1.29 is 9.59 Å². The average molecular weight is 283 g/mol. The normalized spacial score (nSPS) is 31.4. The van der Waals surface area contributed by atoms with Gasteiger partial charge in [-0.2, -0.15) is 0 Å².